The van der Waals surface area contributed by atoms with E-state index in [2.05, 4.69) is 17.6 Å². The first-order chi connectivity index (χ1) is 10.6. The standard InChI is InChI=1S/C19H22N2O/c1-4-17-7-5-6-15(3)18(17)21-19(22)20-13-12-16-10-8-14(2)9-11-16/h5-13H,4H2,1-3H3,(H2,20,21,22)/b13-12+. The maximum Gasteiger partial charge on any atom is 0.323 e. The fourth-order valence-corrected chi connectivity index (χ4v) is 2.24. The van der Waals surface area contributed by atoms with Crippen molar-refractivity contribution in [2.75, 3.05) is 5.32 Å². The van der Waals surface area contributed by atoms with Crippen molar-refractivity contribution in [2.45, 2.75) is 27.2 Å². The molecule has 3 nitrogen and oxygen atoms in total. The predicted octanol–water partition coefficient (Wildman–Crippen LogP) is 4.66. The van der Waals surface area contributed by atoms with Crippen molar-refractivity contribution in [3.05, 3.63) is 70.9 Å². The van der Waals surface area contributed by atoms with Crippen molar-refractivity contribution in [1.82, 2.24) is 5.32 Å². The molecule has 0 fully saturated rings. The van der Waals surface area contributed by atoms with Gasteiger partial charge in [0, 0.05) is 11.9 Å². The quantitative estimate of drug-likeness (QED) is 0.846. The van der Waals surface area contributed by atoms with Crippen molar-refractivity contribution < 1.29 is 4.79 Å². The molecule has 0 aliphatic heterocycles. The molecule has 0 aromatic heterocycles. The zero-order chi connectivity index (χ0) is 15.9. The predicted molar refractivity (Wildman–Crippen MR) is 92.9 cm³/mol. The third kappa shape index (κ3) is 4.22. The smallest absolute Gasteiger partial charge is 0.314 e. The lowest BCUT2D eigenvalue weighted by Crippen LogP contribution is -2.24. The molecule has 0 heterocycles. The Bertz CT molecular complexity index is 672. The van der Waals surface area contributed by atoms with Crippen molar-refractivity contribution in [3.63, 3.8) is 0 Å². The number of hydrogen-bond donors (Lipinski definition) is 2. The van der Waals surface area contributed by atoms with Crippen LogP contribution in [0.4, 0.5) is 10.5 Å². The van der Waals surface area contributed by atoms with Gasteiger partial charge < -0.3 is 10.6 Å². The highest BCUT2D eigenvalue weighted by molar-refractivity contribution is 5.92. The van der Waals surface area contributed by atoms with Crippen LogP contribution in [-0.2, 0) is 6.42 Å². The Morgan fingerprint density at radius 3 is 2.50 bits per heavy atom. The van der Waals surface area contributed by atoms with Crippen LogP contribution in [0.5, 0.6) is 0 Å². The highest BCUT2D eigenvalue weighted by Gasteiger charge is 2.06. The van der Waals surface area contributed by atoms with Gasteiger partial charge in [-0.3, -0.25) is 0 Å². The molecule has 0 saturated heterocycles. The topological polar surface area (TPSA) is 41.1 Å². The fraction of sp³-hybridized carbons (Fsp3) is 0.211. The number of para-hydroxylation sites is 1. The van der Waals surface area contributed by atoms with E-state index in [4.69, 9.17) is 0 Å². The van der Waals surface area contributed by atoms with E-state index in [-0.39, 0.29) is 6.03 Å². The van der Waals surface area contributed by atoms with E-state index in [1.165, 1.54) is 5.56 Å². The van der Waals surface area contributed by atoms with Crippen LogP contribution in [0.25, 0.3) is 6.08 Å². The SMILES string of the molecule is CCc1cccc(C)c1NC(=O)N/C=C/c1ccc(C)cc1. The summed E-state index contributed by atoms with van der Waals surface area (Å²) in [6.45, 7) is 6.12. The van der Waals surface area contributed by atoms with Gasteiger partial charge >= 0.3 is 6.03 Å². The van der Waals surface area contributed by atoms with Crippen LogP contribution in [-0.4, -0.2) is 6.03 Å². The summed E-state index contributed by atoms with van der Waals surface area (Å²) in [6, 6.07) is 13.9. The number of nitrogens with one attached hydrogen (secondary N) is 2. The van der Waals surface area contributed by atoms with Gasteiger partial charge in [0.25, 0.3) is 0 Å². The molecule has 0 unspecified atom stereocenters. The molecule has 0 radical (unpaired) electrons. The Labute approximate surface area is 132 Å². The summed E-state index contributed by atoms with van der Waals surface area (Å²) in [4.78, 5) is 12.0. The molecule has 3 heteroatoms. The van der Waals surface area contributed by atoms with Crippen LogP contribution in [0.3, 0.4) is 0 Å². The van der Waals surface area contributed by atoms with Gasteiger partial charge in [0.05, 0.1) is 0 Å². The molecule has 0 aliphatic rings. The largest absolute Gasteiger partial charge is 0.323 e. The average Bonchev–Trinajstić information content (AvgIpc) is 2.51. The summed E-state index contributed by atoms with van der Waals surface area (Å²) in [5.74, 6) is 0. The summed E-state index contributed by atoms with van der Waals surface area (Å²) in [6.07, 6.45) is 4.41. The summed E-state index contributed by atoms with van der Waals surface area (Å²) >= 11 is 0. The van der Waals surface area contributed by atoms with Crippen molar-refractivity contribution >= 4 is 17.8 Å². The average molecular weight is 294 g/mol. The molecule has 0 saturated carbocycles. The first-order valence-corrected chi connectivity index (χ1v) is 7.49. The van der Waals surface area contributed by atoms with E-state index >= 15 is 0 Å². The summed E-state index contributed by atoms with van der Waals surface area (Å²) in [5.41, 5.74) is 5.37. The molecule has 0 atom stereocenters. The number of rotatable bonds is 4. The lowest BCUT2D eigenvalue weighted by molar-refractivity contribution is 0.255. The molecular weight excluding hydrogens is 272 g/mol. The van der Waals surface area contributed by atoms with Crippen LogP contribution in [0.1, 0.15) is 29.2 Å². The Balaban J connectivity index is 1.97. The second-order valence-corrected chi connectivity index (χ2v) is 5.31. The Hall–Kier alpha value is -2.55. The number of carbonyl (C=O) groups excluding carboxylic acids is 1. The number of aryl methyl sites for hydroxylation is 3. The molecule has 2 aromatic rings. The van der Waals surface area contributed by atoms with Crippen molar-refractivity contribution in [2.24, 2.45) is 0 Å². The normalized spacial score (nSPS) is 10.7. The van der Waals surface area contributed by atoms with Gasteiger partial charge in [-0.05, 0) is 43.0 Å². The van der Waals surface area contributed by atoms with Crippen LogP contribution in [0, 0.1) is 13.8 Å². The second-order valence-electron chi connectivity index (χ2n) is 5.31. The van der Waals surface area contributed by atoms with Crippen LogP contribution in [0.15, 0.2) is 48.7 Å². The third-order valence-corrected chi connectivity index (χ3v) is 3.55. The number of urea groups is 1. The highest BCUT2D eigenvalue weighted by atomic mass is 16.2. The molecule has 2 rings (SSSR count). The maximum atomic E-state index is 12.0. The number of hydrogen-bond acceptors (Lipinski definition) is 1. The number of amides is 2. The van der Waals surface area contributed by atoms with E-state index in [0.29, 0.717) is 0 Å². The maximum absolute atomic E-state index is 12.0. The van der Waals surface area contributed by atoms with Crippen LogP contribution < -0.4 is 10.6 Å². The van der Waals surface area contributed by atoms with E-state index in [1.807, 2.05) is 62.4 Å². The molecule has 0 aliphatic carbocycles. The molecule has 114 valence electrons. The first kappa shape index (κ1) is 15.8. The fourth-order valence-electron chi connectivity index (χ4n) is 2.24. The van der Waals surface area contributed by atoms with Crippen molar-refractivity contribution in [1.29, 1.82) is 0 Å². The van der Waals surface area contributed by atoms with Crippen molar-refractivity contribution in [3.8, 4) is 0 Å². The number of anilines is 1. The molecule has 0 spiro atoms. The van der Waals surface area contributed by atoms with Gasteiger partial charge in [0.1, 0.15) is 0 Å². The molecule has 2 N–H and O–H groups in total. The Morgan fingerprint density at radius 1 is 1.09 bits per heavy atom. The zero-order valence-electron chi connectivity index (χ0n) is 13.3. The lowest BCUT2D eigenvalue weighted by atomic mass is 10.1. The lowest BCUT2D eigenvalue weighted by Gasteiger charge is -2.12. The van der Waals surface area contributed by atoms with Crippen LogP contribution >= 0.6 is 0 Å². The van der Waals surface area contributed by atoms with E-state index in [0.717, 1.165) is 28.8 Å². The molecular formula is C19H22N2O. The summed E-state index contributed by atoms with van der Waals surface area (Å²) in [7, 11) is 0. The minimum absolute atomic E-state index is 0.229. The molecule has 22 heavy (non-hydrogen) atoms. The first-order valence-electron chi connectivity index (χ1n) is 7.49. The molecule has 2 aromatic carbocycles. The van der Waals surface area contributed by atoms with Crippen LogP contribution in [0.2, 0.25) is 0 Å². The zero-order valence-corrected chi connectivity index (χ0v) is 13.3. The monoisotopic (exact) mass is 294 g/mol. The minimum Gasteiger partial charge on any atom is -0.314 e. The Kier molecular flexibility index (Phi) is 5.37. The minimum atomic E-state index is -0.229. The van der Waals surface area contributed by atoms with Gasteiger partial charge in [0.2, 0.25) is 0 Å². The number of carbonyl (C=O) groups is 1. The molecule has 2 amide bonds. The highest BCUT2D eigenvalue weighted by Crippen LogP contribution is 2.20. The second kappa shape index (κ2) is 7.46. The van der Waals surface area contributed by atoms with E-state index in [9.17, 15) is 4.79 Å². The van der Waals surface area contributed by atoms with Gasteiger partial charge in [-0.25, -0.2) is 4.79 Å². The summed E-state index contributed by atoms with van der Waals surface area (Å²) < 4.78 is 0. The summed E-state index contributed by atoms with van der Waals surface area (Å²) in [5, 5.41) is 5.67. The third-order valence-electron chi connectivity index (χ3n) is 3.55. The van der Waals surface area contributed by atoms with E-state index in [1.54, 1.807) is 6.20 Å². The van der Waals surface area contributed by atoms with E-state index < -0.39 is 0 Å². The van der Waals surface area contributed by atoms with Gasteiger partial charge in [-0.15, -0.1) is 0 Å². The van der Waals surface area contributed by atoms with Gasteiger partial charge in [-0.2, -0.15) is 0 Å². The number of benzene rings is 2. The van der Waals surface area contributed by atoms with Gasteiger partial charge in [-0.1, -0.05) is 55.0 Å². The Morgan fingerprint density at radius 2 is 1.82 bits per heavy atom. The molecule has 0 bridgehead atoms. The van der Waals surface area contributed by atoms with Gasteiger partial charge in [0.15, 0.2) is 0 Å².